The molecular weight excluding hydrogens is 232 g/mol. The summed E-state index contributed by atoms with van der Waals surface area (Å²) in [6, 6.07) is 0.427. The zero-order valence-electron chi connectivity index (χ0n) is 7.61. The fourth-order valence-electron chi connectivity index (χ4n) is 1.98. The first-order valence-electron chi connectivity index (χ1n) is 4.53. The molecule has 0 N–H and O–H groups in total. The summed E-state index contributed by atoms with van der Waals surface area (Å²) in [4.78, 5) is 0. The van der Waals surface area contributed by atoms with Crippen molar-refractivity contribution >= 4 is 15.9 Å². The summed E-state index contributed by atoms with van der Waals surface area (Å²) < 4.78 is 8.45. The zero-order chi connectivity index (χ0) is 9.26. The van der Waals surface area contributed by atoms with E-state index < -0.39 is 0 Å². The van der Waals surface area contributed by atoms with E-state index in [1.807, 2.05) is 17.1 Å². The maximum Gasteiger partial charge on any atom is 0.0795 e. The number of hydrogen-bond donors (Lipinski definition) is 0. The average molecular weight is 245 g/mol. The van der Waals surface area contributed by atoms with Crippen molar-refractivity contribution in [2.24, 2.45) is 0 Å². The van der Waals surface area contributed by atoms with Gasteiger partial charge >= 0.3 is 0 Å². The second kappa shape index (κ2) is 3.80. The van der Waals surface area contributed by atoms with Gasteiger partial charge in [-0.2, -0.15) is 5.10 Å². The van der Waals surface area contributed by atoms with E-state index >= 15 is 0 Å². The van der Waals surface area contributed by atoms with Crippen molar-refractivity contribution in [3.05, 3.63) is 16.9 Å². The van der Waals surface area contributed by atoms with Crippen LogP contribution in [0.25, 0.3) is 0 Å². The Bertz CT molecular complexity index is 287. The summed E-state index contributed by atoms with van der Waals surface area (Å²) in [7, 11) is 1.78. The molecule has 1 aromatic heterocycles. The van der Waals surface area contributed by atoms with Gasteiger partial charge in [0.15, 0.2) is 0 Å². The zero-order valence-corrected chi connectivity index (χ0v) is 9.20. The smallest absolute Gasteiger partial charge is 0.0795 e. The molecular formula is C9H13BrN2O. The van der Waals surface area contributed by atoms with E-state index in [2.05, 4.69) is 21.0 Å². The minimum Gasteiger partial charge on any atom is -0.379 e. The van der Waals surface area contributed by atoms with Crippen LogP contribution in [-0.2, 0) is 4.74 Å². The number of ether oxygens (including phenoxy) is 1. The molecule has 0 amide bonds. The lowest BCUT2D eigenvalue weighted by molar-refractivity contribution is 0.0708. The highest BCUT2D eigenvalue weighted by atomic mass is 79.9. The molecule has 4 heteroatoms. The predicted molar refractivity (Wildman–Crippen MR) is 53.6 cm³/mol. The highest BCUT2D eigenvalue weighted by Gasteiger charge is 2.28. The highest BCUT2D eigenvalue weighted by molar-refractivity contribution is 9.10. The van der Waals surface area contributed by atoms with Gasteiger partial charge in [-0.1, -0.05) is 0 Å². The van der Waals surface area contributed by atoms with E-state index in [9.17, 15) is 0 Å². The Morgan fingerprint density at radius 3 is 3.08 bits per heavy atom. The fourth-order valence-corrected chi connectivity index (χ4v) is 2.28. The van der Waals surface area contributed by atoms with Gasteiger partial charge < -0.3 is 4.74 Å². The molecule has 0 aromatic carbocycles. The van der Waals surface area contributed by atoms with E-state index in [0.717, 1.165) is 10.9 Å². The van der Waals surface area contributed by atoms with Crippen LogP contribution in [0.5, 0.6) is 0 Å². The largest absolute Gasteiger partial charge is 0.379 e. The van der Waals surface area contributed by atoms with Crippen LogP contribution < -0.4 is 0 Å². The molecule has 72 valence electrons. The van der Waals surface area contributed by atoms with Crippen LogP contribution in [0.15, 0.2) is 16.9 Å². The van der Waals surface area contributed by atoms with Crippen LogP contribution in [-0.4, -0.2) is 23.0 Å². The Morgan fingerprint density at radius 1 is 1.62 bits per heavy atom. The number of halogens is 1. The Morgan fingerprint density at radius 2 is 2.46 bits per heavy atom. The molecule has 1 saturated carbocycles. The van der Waals surface area contributed by atoms with Gasteiger partial charge in [0.25, 0.3) is 0 Å². The van der Waals surface area contributed by atoms with Crippen molar-refractivity contribution in [2.75, 3.05) is 7.11 Å². The number of methoxy groups -OCH3 is 1. The van der Waals surface area contributed by atoms with Gasteiger partial charge in [0.05, 0.1) is 22.8 Å². The SMILES string of the molecule is COC1CCCC1n1cc(Br)cn1. The van der Waals surface area contributed by atoms with Gasteiger partial charge in [0, 0.05) is 13.3 Å². The molecule has 0 radical (unpaired) electrons. The third-order valence-electron chi connectivity index (χ3n) is 2.63. The molecule has 0 bridgehead atoms. The number of aromatic nitrogens is 2. The Labute approximate surface area is 86.2 Å². The van der Waals surface area contributed by atoms with Crippen molar-refractivity contribution in [1.29, 1.82) is 0 Å². The van der Waals surface area contributed by atoms with Crippen molar-refractivity contribution < 1.29 is 4.74 Å². The maximum absolute atomic E-state index is 5.41. The summed E-state index contributed by atoms with van der Waals surface area (Å²) in [6.45, 7) is 0. The topological polar surface area (TPSA) is 27.1 Å². The molecule has 1 aliphatic carbocycles. The average Bonchev–Trinajstić information content (AvgIpc) is 2.71. The lowest BCUT2D eigenvalue weighted by Gasteiger charge is -2.18. The molecule has 1 aromatic rings. The van der Waals surface area contributed by atoms with Gasteiger partial charge in [0.1, 0.15) is 0 Å². The first-order chi connectivity index (χ1) is 6.31. The fraction of sp³-hybridized carbons (Fsp3) is 0.667. The molecule has 3 nitrogen and oxygen atoms in total. The van der Waals surface area contributed by atoms with Gasteiger partial charge in [-0.25, -0.2) is 0 Å². The normalized spacial score (nSPS) is 28.2. The van der Waals surface area contributed by atoms with Crippen LogP contribution in [0.4, 0.5) is 0 Å². The Hall–Kier alpha value is -0.350. The van der Waals surface area contributed by atoms with Gasteiger partial charge in [-0.15, -0.1) is 0 Å². The lowest BCUT2D eigenvalue weighted by atomic mass is 10.2. The lowest BCUT2D eigenvalue weighted by Crippen LogP contribution is -2.20. The third kappa shape index (κ3) is 1.79. The summed E-state index contributed by atoms with van der Waals surface area (Å²) in [5.74, 6) is 0. The van der Waals surface area contributed by atoms with E-state index in [1.54, 1.807) is 7.11 Å². The summed E-state index contributed by atoms with van der Waals surface area (Å²) >= 11 is 3.40. The second-order valence-electron chi connectivity index (χ2n) is 3.41. The Balaban J connectivity index is 2.15. The molecule has 0 saturated heterocycles. The van der Waals surface area contributed by atoms with Crippen LogP contribution in [0.3, 0.4) is 0 Å². The first kappa shape index (κ1) is 9.21. The minimum absolute atomic E-state index is 0.340. The van der Waals surface area contributed by atoms with Gasteiger partial charge in [-0.05, 0) is 35.2 Å². The molecule has 1 heterocycles. The van der Waals surface area contributed by atoms with Crippen LogP contribution in [0.2, 0.25) is 0 Å². The minimum atomic E-state index is 0.340. The van der Waals surface area contributed by atoms with E-state index in [4.69, 9.17) is 4.74 Å². The van der Waals surface area contributed by atoms with Gasteiger partial charge in [-0.3, -0.25) is 4.68 Å². The van der Waals surface area contributed by atoms with Crippen LogP contribution >= 0.6 is 15.9 Å². The monoisotopic (exact) mass is 244 g/mol. The summed E-state index contributed by atoms with van der Waals surface area (Å²) in [6.07, 6.45) is 7.74. The Kier molecular flexibility index (Phi) is 2.69. The van der Waals surface area contributed by atoms with Crippen molar-refractivity contribution in [1.82, 2.24) is 9.78 Å². The summed E-state index contributed by atoms with van der Waals surface area (Å²) in [5.41, 5.74) is 0. The maximum atomic E-state index is 5.41. The third-order valence-corrected chi connectivity index (χ3v) is 3.04. The van der Waals surface area contributed by atoms with Crippen LogP contribution in [0.1, 0.15) is 25.3 Å². The van der Waals surface area contributed by atoms with E-state index in [1.165, 1.54) is 12.8 Å². The van der Waals surface area contributed by atoms with E-state index in [0.29, 0.717) is 12.1 Å². The molecule has 2 atom stereocenters. The van der Waals surface area contributed by atoms with Gasteiger partial charge in [0.2, 0.25) is 0 Å². The molecule has 2 rings (SSSR count). The molecule has 1 aliphatic rings. The molecule has 0 spiro atoms. The standard InChI is InChI=1S/C9H13BrN2O/c1-13-9-4-2-3-8(9)12-6-7(10)5-11-12/h5-6,8-9H,2-4H2,1H3. The first-order valence-corrected chi connectivity index (χ1v) is 5.33. The molecule has 0 aliphatic heterocycles. The van der Waals surface area contributed by atoms with Crippen molar-refractivity contribution in [3.8, 4) is 0 Å². The number of nitrogens with zero attached hydrogens (tertiary/aromatic N) is 2. The van der Waals surface area contributed by atoms with Crippen LogP contribution in [0, 0.1) is 0 Å². The second-order valence-corrected chi connectivity index (χ2v) is 4.33. The predicted octanol–water partition coefficient (Wildman–Crippen LogP) is 2.39. The highest BCUT2D eigenvalue weighted by Crippen LogP contribution is 2.31. The molecule has 2 unspecified atom stereocenters. The van der Waals surface area contributed by atoms with E-state index in [-0.39, 0.29) is 0 Å². The quantitative estimate of drug-likeness (QED) is 0.799. The number of hydrogen-bond acceptors (Lipinski definition) is 2. The molecule has 13 heavy (non-hydrogen) atoms. The molecule has 1 fully saturated rings. The number of rotatable bonds is 2. The van der Waals surface area contributed by atoms with Crippen molar-refractivity contribution in [3.63, 3.8) is 0 Å². The van der Waals surface area contributed by atoms with Crippen molar-refractivity contribution in [2.45, 2.75) is 31.4 Å². The summed E-state index contributed by atoms with van der Waals surface area (Å²) in [5, 5.41) is 4.29.